The van der Waals surface area contributed by atoms with Gasteiger partial charge in [-0.05, 0) is 112 Å². The summed E-state index contributed by atoms with van der Waals surface area (Å²) in [6.45, 7) is 18.3. The molecule has 19 nitrogen and oxygen atoms in total. The van der Waals surface area contributed by atoms with Crippen LogP contribution in [0.15, 0.2) is 85.2 Å². The van der Waals surface area contributed by atoms with Crippen LogP contribution in [0.5, 0.6) is 0 Å². The van der Waals surface area contributed by atoms with Gasteiger partial charge >= 0.3 is 0 Å². The topological polar surface area (TPSA) is 222 Å². The molecule has 8 N–H and O–H groups in total. The van der Waals surface area contributed by atoms with Gasteiger partial charge in [-0.25, -0.2) is 0 Å². The Kier molecular flexibility index (Phi) is 26.8. The zero-order valence-corrected chi connectivity index (χ0v) is 51.2. The van der Waals surface area contributed by atoms with Crippen LogP contribution >= 0.6 is 15.9 Å². The molecule has 0 saturated carbocycles. The number of nitrogens with zero attached hydrogens (tertiary/aromatic N) is 10. The van der Waals surface area contributed by atoms with Gasteiger partial charge in [-0.1, -0.05) is 124 Å². The third-order valence-electron chi connectivity index (χ3n) is 14.9. The number of allylic oxidation sites excluding steroid dienone is 1. The average Bonchev–Trinajstić information content (AvgIpc) is 4.12. The van der Waals surface area contributed by atoms with E-state index >= 15 is 0 Å². The van der Waals surface area contributed by atoms with E-state index in [4.69, 9.17) is 19.9 Å². The lowest BCUT2D eigenvalue weighted by Gasteiger charge is -2.40. The van der Waals surface area contributed by atoms with Gasteiger partial charge in [0.2, 0.25) is 29.7 Å². The molecule has 0 spiro atoms. The number of amides is 1. The molecule has 2 fully saturated rings. The molecule has 4 aromatic heterocycles. The van der Waals surface area contributed by atoms with E-state index < -0.39 is 0 Å². The Morgan fingerprint density at radius 1 is 0.753 bits per heavy atom. The molecule has 2 aliphatic heterocycles. The van der Waals surface area contributed by atoms with Crippen LogP contribution in [0.25, 0.3) is 11.3 Å². The summed E-state index contributed by atoms with van der Waals surface area (Å²) in [6, 6.07) is 18.9. The molecule has 0 radical (unpaired) electrons. The number of carbonyl (C=O) groups excluding carboxylic acids is 1. The molecule has 2 saturated heterocycles. The minimum Gasteiger partial charge on any atom is -0.396 e. The molecule has 2 aliphatic rings. The van der Waals surface area contributed by atoms with E-state index in [0.717, 1.165) is 86.0 Å². The number of halogens is 1. The van der Waals surface area contributed by atoms with Gasteiger partial charge in [0.15, 0.2) is 11.3 Å². The Hall–Kier alpha value is -6.03. The summed E-state index contributed by atoms with van der Waals surface area (Å²) in [7, 11) is 5.47. The molecule has 20 heteroatoms. The van der Waals surface area contributed by atoms with Crippen molar-refractivity contribution in [2.75, 3.05) is 87.1 Å². The lowest BCUT2D eigenvalue weighted by molar-refractivity contribution is -0.123. The van der Waals surface area contributed by atoms with E-state index in [1.807, 2.05) is 25.5 Å². The third kappa shape index (κ3) is 19.8. The van der Waals surface area contributed by atoms with Crippen LogP contribution in [-0.2, 0) is 30.7 Å². The predicted molar refractivity (Wildman–Crippen MR) is 334 cm³/mol. The lowest BCUT2D eigenvalue weighted by Crippen LogP contribution is -2.47. The largest absolute Gasteiger partial charge is 0.396 e. The van der Waals surface area contributed by atoms with Crippen LogP contribution in [0.3, 0.4) is 0 Å². The Labute approximate surface area is 489 Å². The van der Waals surface area contributed by atoms with Crippen molar-refractivity contribution in [2.24, 2.45) is 0 Å². The molecule has 0 aliphatic carbocycles. The first-order valence-corrected chi connectivity index (χ1v) is 30.5. The van der Waals surface area contributed by atoms with Crippen LogP contribution < -0.4 is 31.9 Å². The van der Waals surface area contributed by atoms with Crippen molar-refractivity contribution in [1.82, 2.24) is 59.6 Å². The minimum absolute atomic E-state index is 0.0300. The zero-order chi connectivity index (χ0) is 58.1. The summed E-state index contributed by atoms with van der Waals surface area (Å²) < 4.78 is 3.57. The van der Waals surface area contributed by atoms with Crippen molar-refractivity contribution in [2.45, 2.75) is 155 Å². The van der Waals surface area contributed by atoms with Crippen LogP contribution in [0, 0.1) is 0 Å². The smallest absolute Gasteiger partial charge is 0.245 e. The summed E-state index contributed by atoms with van der Waals surface area (Å²) >= 11 is 3.26. The SMILES string of the molecule is CCC(CCO)Nc1nc(NCc2cccc(CCC3CCN3)c2)n2ncc(C(C)C)c2n1.CCC(CCO)Nc1nc(NCc2cccc(CCC3CCN3C/C=C/C(=O)N(C)C)c2)n2ncc(C(C)C)c2n1.CNC/C=C/CBr. The molecule has 2 aromatic carbocycles. The number of fused-ring (bicyclic) bond motifs is 2. The van der Waals surface area contributed by atoms with Gasteiger partial charge in [-0.3, -0.25) is 9.69 Å². The van der Waals surface area contributed by atoms with Gasteiger partial charge in [-0.15, -0.1) is 0 Å². The fourth-order valence-corrected chi connectivity index (χ4v) is 9.84. The highest BCUT2D eigenvalue weighted by atomic mass is 79.9. The Morgan fingerprint density at radius 3 is 1.69 bits per heavy atom. The highest BCUT2D eigenvalue weighted by Gasteiger charge is 2.26. The van der Waals surface area contributed by atoms with Crippen LogP contribution in [-0.4, -0.2) is 155 Å². The molecule has 6 heterocycles. The van der Waals surface area contributed by atoms with E-state index in [-0.39, 0.29) is 37.1 Å². The van der Waals surface area contributed by atoms with Crippen molar-refractivity contribution >= 4 is 56.9 Å². The van der Waals surface area contributed by atoms with Gasteiger partial charge in [0.1, 0.15) is 0 Å². The van der Waals surface area contributed by atoms with E-state index in [9.17, 15) is 15.0 Å². The Morgan fingerprint density at radius 2 is 1.27 bits per heavy atom. The fraction of sp³-hybridized carbons (Fsp3) is 0.557. The maximum Gasteiger partial charge on any atom is 0.245 e. The second kappa shape index (κ2) is 33.8. The molecule has 4 unspecified atom stereocenters. The minimum atomic E-state index is 0.0300. The second-order valence-corrected chi connectivity index (χ2v) is 22.5. The van der Waals surface area contributed by atoms with Gasteiger partial charge in [0.25, 0.3) is 0 Å². The van der Waals surface area contributed by atoms with Crippen LogP contribution in [0.4, 0.5) is 23.8 Å². The second-order valence-electron chi connectivity index (χ2n) is 21.9. The average molecular weight is 1180 g/mol. The van der Waals surface area contributed by atoms with Gasteiger partial charge in [0, 0.05) is 107 Å². The predicted octanol–water partition coefficient (Wildman–Crippen LogP) is 8.97. The highest BCUT2D eigenvalue weighted by Crippen LogP contribution is 2.26. The molecule has 8 rings (SSSR count). The molecule has 6 aromatic rings. The monoisotopic (exact) mass is 1180 g/mol. The van der Waals surface area contributed by atoms with Gasteiger partial charge in [0.05, 0.1) is 12.4 Å². The van der Waals surface area contributed by atoms with Crippen molar-refractivity contribution in [3.63, 3.8) is 0 Å². The number of hydrogen-bond donors (Lipinski definition) is 8. The van der Waals surface area contributed by atoms with Gasteiger partial charge < -0.3 is 47.0 Å². The number of anilines is 4. The maximum atomic E-state index is 11.8. The normalized spacial score (nSPS) is 16.0. The lowest BCUT2D eigenvalue weighted by atomic mass is 9.95. The van der Waals surface area contributed by atoms with E-state index in [2.05, 4.69) is 165 Å². The number of aryl methyl sites for hydroxylation is 2. The first-order valence-electron chi connectivity index (χ1n) is 29.4. The summed E-state index contributed by atoms with van der Waals surface area (Å²) in [5.74, 6) is 3.03. The molecular formula is C61H93BrN16O3. The van der Waals surface area contributed by atoms with E-state index in [1.54, 1.807) is 34.1 Å². The standard InChI is InChI=1S/C31H46N8O2.C25H37N7O.C5H10BrN/c1-6-25(15-18-40)34-30-35-29-27(22(2)3)21-33-39(29)31(36-30)32-20-24-10-7-9-23(19-24)12-13-26-14-17-38(26)16-8-11-28(41)37(4)5;1-4-20(11-13-33)29-24-30-23-22(17(2)3)16-28-32(23)25(31-24)27-15-19-7-5-6-18(14-19)8-9-21-10-12-26-21;1-7-5-3-2-4-6/h7-11,19,21-22,25-26,40H,6,12-18,20H2,1-5H3,(H2,32,34,35,36);5-7,14,16-17,20-21,26,33H,4,8-13,15H2,1-3H3,(H2,27,29,30,31);2-3,7H,4-5H2,1H3/b11-8+;;3-2+. The summed E-state index contributed by atoms with van der Waals surface area (Å²) in [6.07, 6.45) is 21.5. The number of benzene rings is 2. The number of rotatable bonds is 30. The molecule has 1 amide bonds. The number of hydrogen-bond acceptors (Lipinski definition) is 16. The number of nitrogens with one attached hydrogen (secondary N) is 6. The Balaban J connectivity index is 0.000000237. The van der Waals surface area contributed by atoms with Crippen LogP contribution in [0.2, 0.25) is 0 Å². The number of aliphatic hydroxyl groups is 2. The van der Waals surface area contributed by atoms with Crippen LogP contribution in [0.1, 0.15) is 138 Å². The molecular weight excluding hydrogens is 1080 g/mol. The number of aliphatic hydroxyl groups excluding tert-OH is 2. The fourth-order valence-electron chi connectivity index (χ4n) is 9.58. The first kappa shape index (κ1) is 64.1. The van der Waals surface area contributed by atoms with Gasteiger partial charge in [-0.2, -0.15) is 39.2 Å². The van der Waals surface area contributed by atoms with Crippen molar-refractivity contribution in [3.8, 4) is 0 Å². The summed E-state index contributed by atoms with van der Waals surface area (Å²) in [4.78, 5) is 34.9. The maximum absolute atomic E-state index is 11.8. The zero-order valence-electron chi connectivity index (χ0n) is 49.6. The number of alkyl halides is 1. The van der Waals surface area contributed by atoms with E-state index in [0.29, 0.717) is 67.7 Å². The number of aromatic nitrogens is 8. The molecule has 442 valence electrons. The number of carbonyl (C=O) groups is 1. The highest BCUT2D eigenvalue weighted by molar-refractivity contribution is 9.09. The Bertz CT molecular complexity index is 2880. The third-order valence-corrected chi connectivity index (χ3v) is 15.3. The van der Waals surface area contributed by atoms with Crippen molar-refractivity contribution in [3.05, 3.63) is 119 Å². The first-order chi connectivity index (χ1) is 39.3. The van der Waals surface area contributed by atoms with Crippen molar-refractivity contribution < 1.29 is 15.0 Å². The van der Waals surface area contributed by atoms with E-state index in [1.165, 1.54) is 41.5 Å². The number of likely N-dealkylation sites (tertiary alicyclic amines) is 1. The van der Waals surface area contributed by atoms with Crippen molar-refractivity contribution in [1.29, 1.82) is 0 Å². The quantitative estimate of drug-likeness (QED) is 0.0120. The molecule has 0 bridgehead atoms. The molecule has 4 atom stereocenters. The summed E-state index contributed by atoms with van der Waals surface area (Å²) in [5, 5.41) is 49.1. The molecule has 81 heavy (non-hydrogen) atoms. The summed E-state index contributed by atoms with van der Waals surface area (Å²) in [5.41, 5.74) is 8.85. The number of likely N-dealkylation sites (N-methyl/N-ethyl adjacent to an activating group) is 2.